The highest BCUT2D eigenvalue weighted by Gasteiger charge is 2.45. The SMILES string of the molecule is C=CC1COC(C2CCC(C(F)(F)Oc3ccc(C(=O)Oc4cc(F)cc(F)c4)cc3)CC2)OC1. The maximum atomic E-state index is 14.8. The van der Waals surface area contributed by atoms with Crippen molar-refractivity contribution in [1.82, 2.24) is 0 Å². The van der Waals surface area contributed by atoms with Gasteiger partial charge in [-0.3, -0.25) is 0 Å². The maximum Gasteiger partial charge on any atom is 0.400 e. The van der Waals surface area contributed by atoms with Gasteiger partial charge >= 0.3 is 12.1 Å². The van der Waals surface area contributed by atoms with Crippen LogP contribution in [0, 0.1) is 29.4 Å². The smallest absolute Gasteiger partial charge is 0.400 e. The maximum absolute atomic E-state index is 14.8. The molecule has 2 aromatic carbocycles. The molecule has 2 aliphatic rings. The summed E-state index contributed by atoms with van der Waals surface area (Å²) >= 11 is 0. The number of hydrogen-bond donors (Lipinski definition) is 0. The summed E-state index contributed by atoms with van der Waals surface area (Å²) in [6, 6.07) is 7.30. The zero-order valence-electron chi connectivity index (χ0n) is 18.9. The lowest BCUT2D eigenvalue weighted by molar-refractivity contribution is -0.244. The molecule has 1 aliphatic carbocycles. The Kier molecular flexibility index (Phi) is 7.76. The number of ether oxygens (including phenoxy) is 4. The minimum absolute atomic E-state index is 0.0111. The Morgan fingerprint density at radius 2 is 1.54 bits per heavy atom. The summed E-state index contributed by atoms with van der Waals surface area (Å²) in [6.07, 6.45) is -0.379. The van der Waals surface area contributed by atoms with E-state index < -0.39 is 29.6 Å². The molecule has 2 fully saturated rings. The molecule has 1 saturated heterocycles. The van der Waals surface area contributed by atoms with Crippen LogP contribution in [0.2, 0.25) is 0 Å². The molecule has 0 N–H and O–H groups in total. The monoisotopic (exact) mass is 494 g/mol. The Balaban J connectivity index is 1.29. The van der Waals surface area contributed by atoms with Crippen molar-refractivity contribution in [3.05, 3.63) is 72.3 Å². The third-order valence-electron chi connectivity index (χ3n) is 6.31. The van der Waals surface area contributed by atoms with E-state index in [0.29, 0.717) is 32.1 Å². The molecule has 0 bridgehead atoms. The van der Waals surface area contributed by atoms with Crippen LogP contribution in [-0.2, 0) is 9.47 Å². The number of alkyl halides is 2. The Morgan fingerprint density at radius 1 is 0.943 bits per heavy atom. The molecule has 1 heterocycles. The van der Waals surface area contributed by atoms with E-state index in [1.165, 1.54) is 24.3 Å². The van der Waals surface area contributed by atoms with Gasteiger partial charge in [0.15, 0.2) is 6.29 Å². The minimum atomic E-state index is -3.39. The number of rotatable bonds is 7. The second-order valence-electron chi connectivity index (χ2n) is 8.83. The summed E-state index contributed by atoms with van der Waals surface area (Å²) in [7, 11) is 0. The lowest BCUT2D eigenvalue weighted by Crippen LogP contribution is -2.41. The van der Waals surface area contributed by atoms with Crippen molar-refractivity contribution < 1.29 is 41.3 Å². The summed E-state index contributed by atoms with van der Waals surface area (Å²) in [4.78, 5) is 12.2. The molecule has 2 aromatic rings. The van der Waals surface area contributed by atoms with Crippen LogP contribution in [0.25, 0.3) is 0 Å². The average molecular weight is 494 g/mol. The number of halogens is 4. The van der Waals surface area contributed by atoms with E-state index >= 15 is 0 Å². The van der Waals surface area contributed by atoms with E-state index in [0.717, 1.165) is 12.1 Å². The van der Waals surface area contributed by atoms with Crippen molar-refractivity contribution in [2.75, 3.05) is 13.2 Å². The molecular formula is C26H26F4O5. The third-order valence-corrected chi connectivity index (χ3v) is 6.31. The normalized spacial score (nSPS) is 25.0. The van der Waals surface area contributed by atoms with Gasteiger partial charge in [0.05, 0.1) is 24.7 Å². The fourth-order valence-corrected chi connectivity index (χ4v) is 4.32. The molecular weight excluding hydrogens is 468 g/mol. The molecule has 1 aliphatic heterocycles. The average Bonchev–Trinajstić information content (AvgIpc) is 2.84. The second-order valence-corrected chi connectivity index (χ2v) is 8.83. The van der Waals surface area contributed by atoms with Crippen molar-refractivity contribution in [2.45, 2.75) is 38.1 Å². The van der Waals surface area contributed by atoms with Crippen molar-refractivity contribution in [1.29, 1.82) is 0 Å². The van der Waals surface area contributed by atoms with Crippen LogP contribution in [-0.4, -0.2) is 31.6 Å². The topological polar surface area (TPSA) is 54.0 Å². The van der Waals surface area contributed by atoms with Crippen LogP contribution >= 0.6 is 0 Å². The fourth-order valence-electron chi connectivity index (χ4n) is 4.32. The highest BCUT2D eigenvalue weighted by Crippen LogP contribution is 2.42. The molecule has 1 saturated carbocycles. The summed E-state index contributed by atoms with van der Waals surface area (Å²) in [5.74, 6) is -3.85. The van der Waals surface area contributed by atoms with Gasteiger partial charge in [-0.1, -0.05) is 6.08 Å². The number of hydrogen-bond acceptors (Lipinski definition) is 5. The van der Waals surface area contributed by atoms with Crippen LogP contribution in [0.15, 0.2) is 55.1 Å². The molecule has 0 atom stereocenters. The van der Waals surface area contributed by atoms with Crippen molar-refractivity contribution in [2.24, 2.45) is 17.8 Å². The molecule has 0 radical (unpaired) electrons. The second kappa shape index (κ2) is 10.8. The summed E-state index contributed by atoms with van der Waals surface area (Å²) in [5, 5.41) is 0. The Morgan fingerprint density at radius 3 is 2.11 bits per heavy atom. The van der Waals surface area contributed by atoms with Gasteiger partial charge in [-0.2, -0.15) is 8.78 Å². The van der Waals surface area contributed by atoms with Crippen LogP contribution in [0.3, 0.4) is 0 Å². The van der Waals surface area contributed by atoms with Gasteiger partial charge in [-0.05, 0) is 49.9 Å². The molecule has 0 aromatic heterocycles. The molecule has 5 nitrogen and oxygen atoms in total. The van der Waals surface area contributed by atoms with Crippen LogP contribution in [0.4, 0.5) is 17.6 Å². The van der Waals surface area contributed by atoms with Crippen molar-refractivity contribution in [3.63, 3.8) is 0 Å². The lowest BCUT2D eigenvalue weighted by atomic mass is 9.80. The zero-order valence-corrected chi connectivity index (χ0v) is 18.9. The Hall–Kier alpha value is -2.91. The van der Waals surface area contributed by atoms with E-state index in [1.807, 2.05) is 0 Å². The third kappa shape index (κ3) is 6.41. The van der Waals surface area contributed by atoms with Gasteiger partial charge in [-0.15, -0.1) is 6.58 Å². The first kappa shape index (κ1) is 25.2. The van der Waals surface area contributed by atoms with Crippen LogP contribution < -0.4 is 9.47 Å². The highest BCUT2D eigenvalue weighted by atomic mass is 19.3. The van der Waals surface area contributed by atoms with E-state index in [1.54, 1.807) is 6.08 Å². The molecule has 0 spiro atoms. The molecule has 9 heteroatoms. The van der Waals surface area contributed by atoms with Gasteiger partial charge < -0.3 is 18.9 Å². The zero-order chi connectivity index (χ0) is 25.0. The molecule has 35 heavy (non-hydrogen) atoms. The van der Waals surface area contributed by atoms with E-state index in [4.69, 9.17) is 18.9 Å². The Bertz CT molecular complexity index is 1010. The number of esters is 1. The van der Waals surface area contributed by atoms with Gasteiger partial charge in [0.25, 0.3) is 0 Å². The summed E-state index contributed by atoms with van der Waals surface area (Å²) in [6.45, 7) is 4.77. The van der Waals surface area contributed by atoms with Gasteiger partial charge in [0, 0.05) is 30.0 Å². The largest absolute Gasteiger partial charge is 0.432 e. The van der Waals surface area contributed by atoms with Gasteiger partial charge in [0.1, 0.15) is 23.1 Å². The molecule has 0 amide bonds. The first-order valence-electron chi connectivity index (χ1n) is 11.4. The van der Waals surface area contributed by atoms with E-state index in [2.05, 4.69) is 6.58 Å². The molecule has 188 valence electrons. The number of benzene rings is 2. The van der Waals surface area contributed by atoms with Gasteiger partial charge in [-0.25, -0.2) is 13.6 Å². The fraction of sp³-hybridized carbons (Fsp3) is 0.423. The lowest BCUT2D eigenvalue weighted by Gasteiger charge is -2.38. The highest BCUT2D eigenvalue weighted by molar-refractivity contribution is 5.91. The first-order valence-corrected chi connectivity index (χ1v) is 11.4. The summed E-state index contributed by atoms with van der Waals surface area (Å²) < 4.78 is 77.5. The number of carbonyl (C=O) groups excluding carboxylic acids is 1. The standard InChI is InChI=1S/C26H26F4O5/c1-2-16-14-32-25(33-15-16)18-3-7-19(8-4-18)26(29,30)35-22-9-5-17(6-10-22)24(31)34-23-12-20(27)11-21(28)13-23/h2,5-6,9-13,16,18-19,25H,1,3-4,7-8,14-15H2. The molecule has 4 rings (SSSR count). The predicted octanol–water partition coefficient (Wildman–Crippen LogP) is 6.14. The number of carbonyl (C=O) groups is 1. The quantitative estimate of drug-likeness (QED) is 0.200. The van der Waals surface area contributed by atoms with Crippen LogP contribution in [0.1, 0.15) is 36.0 Å². The Labute approximate surface area is 200 Å². The molecule has 0 unspecified atom stereocenters. The van der Waals surface area contributed by atoms with E-state index in [-0.39, 0.29) is 48.0 Å². The van der Waals surface area contributed by atoms with Gasteiger partial charge in [0.2, 0.25) is 0 Å². The van der Waals surface area contributed by atoms with Crippen molar-refractivity contribution in [3.8, 4) is 11.5 Å². The predicted molar refractivity (Wildman–Crippen MR) is 118 cm³/mol. The van der Waals surface area contributed by atoms with E-state index in [9.17, 15) is 22.4 Å². The summed E-state index contributed by atoms with van der Waals surface area (Å²) in [5.41, 5.74) is 0.0111. The minimum Gasteiger partial charge on any atom is -0.432 e. The van der Waals surface area contributed by atoms with Crippen LogP contribution in [0.5, 0.6) is 11.5 Å². The first-order chi connectivity index (χ1) is 16.7. The van der Waals surface area contributed by atoms with Crippen molar-refractivity contribution >= 4 is 5.97 Å².